The summed E-state index contributed by atoms with van der Waals surface area (Å²) in [5, 5.41) is 11.3. The largest absolute Gasteiger partial charge is 0.426 e. The number of hydrogen-bond donors (Lipinski definition) is 2. The van der Waals surface area contributed by atoms with E-state index in [-0.39, 0.29) is 6.07 Å². The van der Waals surface area contributed by atoms with Gasteiger partial charge in [-0.05, 0) is 5.56 Å². The van der Waals surface area contributed by atoms with Crippen molar-refractivity contribution in [1.29, 1.82) is 0 Å². The molecule has 7 nitrogen and oxygen atoms in total. The van der Waals surface area contributed by atoms with Gasteiger partial charge in [-0.2, -0.15) is 13.2 Å². The van der Waals surface area contributed by atoms with Crippen molar-refractivity contribution in [3.05, 3.63) is 69.0 Å². The third-order valence-corrected chi connectivity index (χ3v) is 3.33. The fourth-order valence-corrected chi connectivity index (χ4v) is 2.32. The molecule has 3 N–H and O–H groups in total. The first-order chi connectivity index (χ1) is 12.1. The number of hydrazine groups is 1. The number of nitro groups is 1. The molecule has 0 saturated carbocycles. The predicted molar refractivity (Wildman–Crippen MR) is 80.7 cm³/mol. The molecule has 0 spiro atoms. The fraction of sp³-hybridized carbons (Fsp3) is 0.133. The van der Waals surface area contributed by atoms with E-state index in [0.29, 0.717) is 5.56 Å². The zero-order valence-corrected chi connectivity index (χ0v) is 12.8. The van der Waals surface area contributed by atoms with Crippen LogP contribution in [0.3, 0.4) is 0 Å². The van der Waals surface area contributed by atoms with E-state index in [4.69, 9.17) is 5.84 Å². The standard InChI is InChI=1S/C15H11F4N3O4/c16-10-7-11(26-14(23)21-20)9(6-8-4-2-1-3-5-8)13(22(24)25)12(10)15(17,18)19/h1-5,7H,6,20H2,(H,21,23). The monoisotopic (exact) mass is 373 g/mol. The van der Waals surface area contributed by atoms with Crippen LogP contribution in [0.1, 0.15) is 16.7 Å². The van der Waals surface area contributed by atoms with Gasteiger partial charge in [-0.25, -0.2) is 15.0 Å². The SMILES string of the molecule is NNC(=O)Oc1cc(F)c(C(F)(F)F)c([N+](=O)[O-])c1Cc1ccccc1. The van der Waals surface area contributed by atoms with Crippen molar-refractivity contribution in [3.8, 4) is 5.75 Å². The van der Waals surface area contributed by atoms with E-state index in [1.165, 1.54) is 12.1 Å². The summed E-state index contributed by atoms with van der Waals surface area (Å²) in [5.41, 5.74) is -2.26. The Balaban J connectivity index is 2.76. The average Bonchev–Trinajstić information content (AvgIpc) is 2.56. The molecule has 0 aromatic heterocycles. The second kappa shape index (κ2) is 7.35. The number of nitrogens with one attached hydrogen (secondary N) is 1. The molecule has 2 aromatic carbocycles. The molecule has 2 aromatic rings. The number of amides is 1. The third-order valence-electron chi connectivity index (χ3n) is 3.33. The van der Waals surface area contributed by atoms with E-state index in [0.717, 1.165) is 0 Å². The Bertz CT molecular complexity index is 841. The van der Waals surface area contributed by atoms with Gasteiger partial charge in [0, 0.05) is 12.5 Å². The first-order valence-corrected chi connectivity index (χ1v) is 6.94. The van der Waals surface area contributed by atoms with Crippen LogP contribution in [0.5, 0.6) is 5.75 Å². The minimum atomic E-state index is -5.33. The van der Waals surface area contributed by atoms with Crippen molar-refractivity contribution in [1.82, 2.24) is 5.43 Å². The molecule has 0 aliphatic heterocycles. The molecule has 0 saturated heterocycles. The summed E-state index contributed by atoms with van der Waals surface area (Å²) in [6.07, 6.45) is -7.06. The van der Waals surface area contributed by atoms with E-state index in [1.54, 1.807) is 23.6 Å². The van der Waals surface area contributed by atoms with Crippen LogP contribution in [0.15, 0.2) is 36.4 Å². The molecule has 0 bridgehead atoms. The number of carbonyl (C=O) groups excluding carboxylic acids is 1. The smallest absolute Gasteiger partial charge is 0.409 e. The lowest BCUT2D eigenvalue weighted by atomic mass is 9.98. The van der Waals surface area contributed by atoms with Gasteiger partial charge in [0.25, 0.3) is 5.69 Å². The fourth-order valence-electron chi connectivity index (χ4n) is 2.32. The topological polar surface area (TPSA) is 107 Å². The van der Waals surface area contributed by atoms with Crippen LogP contribution in [-0.2, 0) is 12.6 Å². The molecule has 1 amide bonds. The maximum atomic E-state index is 14.0. The number of rotatable bonds is 4. The Kier molecular flexibility index (Phi) is 5.41. The molecule has 0 atom stereocenters. The summed E-state index contributed by atoms with van der Waals surface area (Å²) in [6, 6.07) is 8.00. The van der Waals surface area contributed by atoms with Gasteiger partial charge in [0.05, 0.1) is 10.5 Å². The molecule has 0 aliphatic carbocycles. The van der Waals surface area contributed by atoms with Crippen LogP contribution in [0.4, 0.5) is 28.0 Å². The van der Waals surface area contributed by atoms with Crippen LogP contribution in [-0.4, -0.2) is 11.0 Å². The number of nitrogens with two attached hydrogens (primary N) is 1. The second-order valence-electron chi connectivity index (χ2n) is 5.01. The van der Waals surface area contributed by atoms with Crippen molar-refractivity contribution in [2.24, 2.45) is 5.84 Å². The van der Waals surface area contributed by atoms with Crippen molar-refractivity contribution in [3.63, 3.8) is 0 Å². The van der Waals surface area contributed by atoms with Crippen LogP contribution in [0, 0.1) is 15.9 Å². The van der Waals surface area contributed by atoms with Gasteiger partial charge in [-0.1, -0.05) is 30.3 Å². The highest BCUT2D eigenvalue weighted by Crippen LogP contribution is 2.44. The zero-order valence-electron chi connectivity index (χ0n) is 12.8. The Morgan fingerprint density at radius 1 is 1.27 bits per heavy atom. The van der Waals surface area contributed by atoms with E-state index in [2.05, 4.69) is 4.74 Å². The summed E-state index contributed by atoms with van der Waals surface area (Å²) in [6.45, 7) is 0. The molecule has 0 radical (unpaired) electrons. The number of carbonyl (C=O) groups is 1. The Morgan fingerprint density at radius 2 is 1.88 bits per heavy atom. The lowest BCUT2D eigenvalue weighted by Gasteiger charge is -2.15. The molecule has 0 unspecified atom stereocenters. The van der Waals surface area contributed by atoms with Crippen molar-refractivity contribution < 1.29 is 32.0 Å². The number of ether oxygens (including phenoxy) is 1. The lowest BCUT2D eigenvalue weighted by Crippen LogP contribution is -2.33. The number of hydrogen-bond acceptors (Lipinski definition) is 5. The van der Waals surface area contributed by atoms with Gasteiger partial charge >= 0.3 is 12.3 Å². The predicted octanol–water partition coefficient (Wildman–Crippen LogP) is 3.31. The number of nitro benzene ring substituents is 1. The molecule has 138 valence electrons. The molecule has 11 heteroatoms. The number of halogens is 4. The van der Waals surface area contributed by atoms with Gasteiger partial charge in [-0.15, -0.1) is 0 Å². The Labute approximate surface area is 143 Å². The third kappa shape index (κ3) is 4.06. The van der Waals surface area contributed by atoms with Gasteiger partial charge < -0.3 is 4.74 Å². The highest BCUT2D eigenvalue weighted by atomic mass is 19.4. The highest BCUT2D eigenvalue weighted by molar-refractivity contribution is 5.71. The quantitative estimate of drug-likeness (QED) is 0.281. The van der Waals surface area contributed by atoms with Gasteiger partial charge in [-0.3, -0.25) is 15.5 Å². The first-order valence-electron chi connectivity index (χ1n) is 6.94. The zero-order chi connectivity index (χ0) is 19.5. The molecular weight excluding hydrogens is 362 g/mol. The summed E-state index contributed by atoms with van der Waals surface area (Å²) < 4.78 is 58.1. The molecule has 0 heterocycles. The molecule has 26 heavy (non-hydrogen) atoms. The minimum absolute atomic E-state index is 0.267. The summed E-state index contributed by atoms with van der Waals surface area (Å²) in [7, 11) is 0. The molecule has 0 aliphatic rings. The Morgan fingerprint density at radius 3 is 2.38 bits per heavy atom. The van der Waals surface area contributed by atoms with E-state index < -0.39 is 52.0 Å². The minimum Gasteiger partial charge on any atom is -0.409 e. The van der Waals surface area contributed by atoms with Crippen molar-refractivity contribution in [2.45, 2.75) is 12.6 Å². The maximum Gasteiger partial charge on any atom is 0.426 e. The maximum absolute atomic E-state index is 14.0. The lowest BCUT2D eigenvalue weighted by molar-refractivity contribution is -0.389. The Hall–Kier alpha value is -3.21. The van der Waals surface area contributed by atoms with Crippen LogP contribution in [0.2, 0.25) is 0 Å². The van der Waals surface area contributed by atoms with E-state index in [1.807, 2.05) is 0 Å². The first kappa shape index (κ1) is 19.1. The normalized spacial score (nSPS) is 11.1. The highest BCUT2D eigenvalue weighted by Gasteiger charge is 2.44. The van der Waals surface area contributed by atoms with E-state index >= 15 is 0 Å². The van der Waals surface area contributed by atoms with Gasteiger partial charge in [0.15, 0.2) is 5.56 Å². The number of alkyl halides is 3. The molecular formula is C15H11F4N3O4. The summed E-state index contributed by atoms with van der Waals surface area (Å²) >= 11 is 0. The molecule has 0 fully saturated rings. The van der Waals surface area contributed by atoms with Gasteiger partial charge in [0.2, 0.25) is 0 Å². The van der Waals surface area contributed by atoms with Crippen LogP contribution in [0.25, 0.3) is 0 Å². The van der Waals surface area contributed by atoms with Crippen LogP contribution < -0.4 is 16.0 Å². The van der Waals surface area contributed by atoms with Crippen molar-refractivity contribution >= 4 is 11.8 Å². The second-order valence-corrected chi connectivity index (χ2v) is 5.01. The van der Waals surface area contributed by atoms with Gasteiger partial charge in [0.1, 0.15) is 11.6 Å². The van der Waals surface area contributed by atoms with Crippen molar-refractivity contribution in [2.75, 3.05) is 0 Å². The molecule has 2 rings (SSSR count). The number of nitrogens with zero attached hydrogens (tertiary/aromatic N) is 1. The number of benzene rings is 2. The summed E-state index contributed by atoms with van der Waals surface area (Å²) in [4.78, 5) is 21.2. The van der Waals surface area contributed by atoms with E-state index in [9.17, 15) is 32.5 Å². The van der Waals surface area contributed by atoms with Crippen LogP contribution >= 0.6 is 0 Å². The average molecular weight is 373 g/mol. The summed E-state index contributed by atoms with van der Waals surface area (Å²) in [5.74, 6) is 2.14.